The summed E-state index contributed by atoms with van der Waals surface area (Å²) in [5.41, 5.74) is 1.70. The van der Waals surface area contributed by atoms with Crippen molar-refractivity contribution in [1.29, 1.82) is 0 Å². The van der Waals surface area contributed by atoms with Crippen molar-refractivity contribution in [2.75, 3.05) is 7.11 Å². The Morgan fingerprint density at radius 2 is 1.84 bits per heavy atom. The van der Waals surface area contributed by atoms with Gasteiger partial charge in [-0.05, 0) is 19.1 Å². The first-order valence-electron chi connectivity index (χ1n) is 7.52. The molecular weight excluding hydrogens is 322 g/mol. The van der Waals surface area contributed by atoms with Gasteiger partial charge in [-0.1, -0.05) is 18.2 Å². The number of hydrogen-bond acceptors (Lipinski definition) is 7. The number of fused-ring (bicyclic) bond motifs is 1. The predicted octanol–water partition coefficient (Wildman–Crippen LogP) is 2.48. The fraction of sp³-hybridized carbons (Fsp3) is 0.167. The lowest BCUT2D eigenvalue weighted by Crippen LogP contribution is -2.14. The van der Waals surface area contributed by atoms with E-state index in [9.17, 15) is 9.59 Å². The zero-order valence-corrected chi connectivity index (χ0v) is 13.7. The van der Waals surface area contributed by atoms with Gasteiger partial charge in [-0.25, -0.2) is 19.6 Å². The van der Waals surface area contributed by atoms with Gasteiger partial charge in [0.2, 0.25) is 0 Å². The summed E-state index contributed by atoms with van der Waals surface area (Å²) in [6.07, 6.45) is 2.67. The van der Waals surface area contributed by atoms with Crippen LogP contribution < -0.4 is 0 Å². The highest BCUT2D eigenvalue weighted by molar-refractivity contribution is 6.02. The Bertz CT molecular complexity index is 956. The van der Waals surface area contributed by atoms with Crippen molar-refractivity contribution in [3.63, 3.8) is 0 Å². The molecule has 0 saturated heterocycles. The van der Waals surface area contributed by atoms with E-state index in [1.54, 1.807) is 0 Å². The average molecular weight is 337 g/mol. The van der Waals surface area contributed by atoms with Crippen LogP contribution in [0.25, 0.3) is 10.9 Å². The largest absolute Gasteiger partial charge is 0.465 e. The normalized spacial score (nSPS) is 10.5. The van der Waals surface area contributed by atoms with Crippen molar-refractivity contribution in [3.8, 4) is 0 Å². The van der Waals surface area contributed by atoms with Crippen LogP contribution in [0.1, 0.15) is 32.2 Å². The Kier molecular flexibility index (Phi) is 4.65. The first-order chi connectivity index (χ1) is 12.1. The summed E-state index contributed by atoms with van der Waals surface area (Å²) in [6.45, 7) is 1.76. The van der Waals surface area contributed by atoms with E-state index in [1.807, 2.05) is 31.2 Å². The third-order valence-corrected chi connectivity index (χ3v) is 3.62. The maximum absolute atomic E-state index is 12.3. The van der Waals surface area contributed by atoms with Gasteiger partial charge in [0.25, 0.3) is 0 Å². The summed E-state index contributed by atoms with van der Waals surface area (Å²) in [7, 11) is 1.24. The molecule has 0 fully saturated rings. The summed E-state index contributed by atoms with van der Waals surface area (Å²) in [5, 5.41) is 0.942. The lowest BCUT2D eigenvalue weighted by molar-refractivity contribution is 0.0447. The highest BCUT2D eigenvalue weighted by Gasteiger charge is 2.19. The van der Waals surface area contributed by atoms with Gasteiger partial charge in [0.1, 0.15) is 0 Å². The molecule has 126 valence electrons. The number of aryl methyl sites for hydroxylation is 1. The number of benzene rings is 1. The van der Waals surface area contributed by atoms with Gasteiger partial charge in [-0.15, -0.1) is 0 Å². The number of rotatable bonds is 4. The van der Waals surface area contributed by atoms with Crippen LogP contribution in [0, 0.1) is 6.92 Å². The lowest BCUT2D eigenvalue weighted by Gasteiger charge is -2.08. The molecule has 0 atom stereocenters. The zero-order chi connectivity index (χ0) is 17.8. The number of ether oxygens (including phenoxy) is 2. The lowest BCUT2D eigenvalue weighted by atomic mass is 10.1. The molecule has 3 aromatic rings. The first-order valence-corrected chi connectivity index (χ1v) is 7.52. The van der Waals surface area contributed by atoms with Crippen LogP contribution in [-0.4, -0.2) is 34.0 Å². The molecule has 0 N–H and O–H groups in total. The molecule has 0 radical (unpaired) electrons. The van der Waals surface area contributed by atoms with Gasteiger partial charge < -0.3 is 9.47 Å². The van der Waals surface area contributed by atoms with E-state index in [1.165, 1.54) is 25.6 Å². The van der Waals surface area contributed by atoms with Crippen molar-refractivity contribution in [2.24, 2.45) is 0 Å². The third kappa shape index (κ3) is 3.45. The number of nitrogens with zero attached hydrogens (tertiary/aromatic N) is 3. The van der Waals surface area contributed by atoms with Crippen molar-refractivity contribution >= 4 is 22.8 Å². The number of aromatic nitrogens is 3. The van der Waals surface area contributed by atoms with Crippen LogP contribution in [0.15, 0.2) is 42.7 Å². The SMILES string of the molecule is COC(=O)c1ccncc1C(=O)OCc1nc(C)c2ccccc2n1. The zero-order valence-electron chi connectivity index (χ0n) is 13.7. The molecule has 7 heteroatoms. The number of carbonyl (C=O) groups excluding carboxylic acids is 2. The number of methoxy groups -OCH3 is 1. The van der Waals surface area contributed by atoms with E-state index in [2.05, 4.69) is 19.7 Å². The number of carbonyl (C=O) groups is 2. The molecule has 7 nitrogen and oxygen atoms in total. The van der Waals surface area contributed by atoms with Crippen molar-refractivity contribution < 1.29 is 19.1 Å². The Hall–Kier alpha value is -3.35. The Morgan fingerprint density at radius 1 is 1.04 bits per heavy atom. The Balaban J connectivity index is 1.80. The molecule has 3 rings (SSSR count). The minimum atomic E-state index is -0.692. The molecular formula is C18H15N3O4. The number of pyridine rings is 1. The topological polar surface area (TPSA) is 91.3 Å². The number of esters is 2. The number of para-hydroxylation sites is 1. The van der Waals surface area contributed by atoms with Gasteiger partial charge in [-0.3, -0.25) is 4.98 Å². The number of hydrogen-bond donors (Lipinski definition) is 0. The molecule has 0 aliphatic heterocycles. The highest BCUT2D eigenvalue weighted by atomic mass is 16.5. The summed E-state index contributed by atoms with van der Waals surface area (Å²) in [5.74, 6) is -0.942. The summed E-state index contributed by atoms with van der Waals surface area (Å²) in [4.78, 5) is 36.6. The summed E-state index contributed by atoms with van der Waals surface area (Å²) in [6, 6.07) is 8.99. The van der Waals surface area contributed by atoms with E-state index in [4.69, 9.17) is 4.74 Å². The van der Waals surface area contributed by atoms with Crippen LogP contribution >= 0.6 is 0 Å². The van der Waals surface area contributed by atoms with Crippen LogP contribution in [0.4, 0.5) is 0 Å². The molecule has 0 saturated carbocycles. The molecule has 0 bridgehead atoms. The monoisotopic (exact) mass is 337 g/mol. The average Bonchev–Trinajstić information content (AvgIpc) is 2.65. The quantitative estimate of drug-likeness (QED) is 0.675. The van der Waals surface area contributed by atoms with E-state index in [0.717, 1.165) is 16.6 Å². The second kappa shape index (κ2) is 7.04. The van der Waals surface area contributed by atoms with Gasteiger partial charge >= 0.3 is 11.9 Å². The molecule has 2 aromatic heterocycles. The fourth-order valence-corrected chi connectivity index (χ4v) is 2.41. The van der Waals surface area contributed by atoms with Gasteiger partial charge in [0.15, 0.2) is 12.4 Å². The molecule has 2 heterocycles. The highest BCUT2D eigenvalue weighted by Crippen LogP contribution is 2.16. The maximum atomic E-state index is 12.3. The van der Waals surface area contributed by atoms with Crippen LogP contribution in [0.5, 0.6) is 0 Å². The smallest absolute Gasteiger partial charge is 0.341 e. The van der Waals surface area contributed by atoms with E-state index >= 15 is 0 Å². The molecule has 0 unspecified atom stereocenters. The van der Waals surface area contributed by atoms with Crippen molar-refractivity contribution in [1.82, 2.24) is 15.0 Å². The molecule has 0 aliphatic carbocycles. The molecule has 0 aliphatic rings. The molecule has 25 heavy (non-hydrogen) atoms. The van der Waals surface area contributed by atoms with Crippen molar-refractivity contribution in [2.45, 2.75) is 13.5 Å². The minimum Gasteiger partial charge on any atom is -0.465 e. The van der Waals surface area contributed by atoms with Gasteiger partial charge in [-0.2, -0.15) is 0 Å². The first kappa shape index (κ1) is 16.5. The maximum Gasteiger partial charge on any atom is 0.341 e. The molecule has 1 aromatic carbocycles. The van der Waals surface area contributed by atoms with Crippen LogP contribution in [0.3, 0.4) is 0 Å². The Morgan fingerprint density at radius 3 is 2.64 bits per heavy atom. The minimum absolute atomic E-state index is 0.0341. The Labute approximate surface area is 143 Å². The molecule has 0 amide bonds. The standard InChI is InChI=1S/C18H15N3O4/c1-11-12-5-3-4-6-15(12)21-16(20-11)10-25-18(23)14-9-19-8-7-13(14)17(22)24-2/h3-9H,10H2,1-2H3. The molecule has 0 spiro atoms. The van der Waals surface area contributed by atoms with E-state index < -0.39 is 11.9 Å². The van der Waals surface area contributed by atoms with Gasteiger partial charge in [0, 0.05) is 23.5 Å². The van der Waals surface area contributed by atoms with Crippen LogP contribution in [-0.2, 0) is 16.1 Å². The van der Waals surface area contributed by atoms with E-state index in [-0.39, 0.29) is 17.7 Å². The van der Waals surface area contributed by atoms with E-state index in [0.29, 0.717) is 5.82 Å². The fourth-order valence-electron chi connectivity index (χ4n) is 2.41. The third-order valence-electron chi connectivity index (χ3n) is 3.62. The second-order valence-corrected chi connectivity index (χ2v) is 5.23. The van der Waals surface area contributed by atoms with Crippen LogP contribution in [0.2, 0.25) is 0 Å². The predicted molar refractivity (Wildman–Crippen MR) is 89.0 cm³/mol. The van der Waals surface area contributed by atoms with Gasteiger partial charge in [0.05, 0.1) is 23.8 Å². The second-order valence-electron chi connectivity index (χ2n) is 5.23. The summed E-state index contributed by atoms with van der Waals surface area (Å²) < 4.78 is 9.90. The summed E-state index contributed by atoms with van der Waals surface area (Å²) >= 11 is 0. The van der Waals surface area contributed by atoms with Crippen molar-refractivity contribution in [3.05, 3.63) is 65.4 Å².